The summed E-state index contributed by atoms with van der Waals surface area (Å²) in [4.78, 5) is 22.4. The zero-order valence-electron chi connectivity index (χ0n) is 15.8. The first-order chi connectivity index (χ1) is 14.1. The monoisotopic (exact) mass is 392 g/mol. The molecular weight excluding hydrogens is 372 g/mol. The number of non-ortho nitro benzene ring substituents is 1. The van der Waals surface area contributed by atoms with E-state index in [1.165, 1.54) is 24.3 Å². The molecule has 0 unspecified atom stereocenters. The molecule has 0 bridgehead atoms. The second-order valence-electron chi connectivity index (χ2n) is 6.25. The number of rotatable bonds is 8. The highest BCUT2D eigenvalue weighted by Gasteiger charge is 2.11. The summed E-state index contributed by atoms with van der Waals surface area (Å²) in [5.74, 6) is 0.869. The van der Waals surface area contributed by atoms with Crippen molar-refractivity contribution >= 4 is 11.6 Å². The maximum Gasteiger partial charge on any atom is 0.269 e. The second kappa shape index (κ2) is 9.36. The van der Waals surface area contributed by atoms with Crippen molar-refractivity contribution in [3.8, 4) is 11.5 Å². The van der Waals surface area contributed by atoms with Crippen molar-refractivity contribution in [3.05, 3.63) is 99.6 Å². The Balaban J connectivity index is 1.60. The van der Waals surface area contributed by atoms with E-state index in [-0.39, 0.29) is 18.1 Å². The molecule has 7 nitrogen and oxygen atoms in total. The molecule has 0 aliphatic heterocycles. The number of nitro groups is 1. The van der Waals surface area contributed by atoms with Crippen molar-refractivity contribution in [2.75, 3.05) is 7.11 Å². The van der Waals surface area contributed by atoms with Gasteiger partial charge in [-0.05, 0) is 35.4 Å². The van der Waals surface area contributed by atoms with E-state index in [0.717, 1.165) is 11.1 Å². The van der Waals surface area contributed by atoms with Crippen LogP contribution in [-0.2, 0) is 13.2 Å². The SMILES string of the molecule is COc1cc(CNC(=O)c2ccc([N+](=O)[O-])cc2)ccc1OCc1ccccc1. The summed E-state index contributed by atoms with van der Waals surface area (Å²) in [5.41, 5.74) is 2.18. The van der Waals surface area contributed by atoms with Gasteiger partial charge < -0.3 is 14.8 Å². The number of nitrogens with zero attached hydrogens (tertiary/aromatic N) is 1. The minimum atomic E-state index is -0.505. The molecule has 0 radical (unpaired) electrons. The van der Waals surface area contributed by atoms with Crippen LogP contribution in [0.25, 0.3) is 0 Å². The van der Waals surface area contributed by atoms with Crippen LogP contribution < -0.4 is 14.8 Å². The molecule has 0 aliphatic carbocycles. The predicted molar refractivity (Wildman–Crippen MR) is 108 cm³/mol. The van der Waals surface area contributed by atoms with Crippen molar-refractivity contribution in [2.24, 2.45) is 0 Å². The lowest BCUT2D eigenvalue weighted by atomic mass is 10.1. The highest BCUT2D eigenvalue weighted by atomic mass is 16.6. The number of methoxy groups -OCH3 is 1. The van der Waals surface area contributed by atoms with Crippen LogP contribution >= 0.6 is 0 Å². The van der Waals surface area contributed by atoms with E-state index in [1.807, 2.05) is 36.4 Å². The largest absolute Gasteiger partial charge is 0.493 e. The third-order valence-electron chi connectivity index (χ3n) is 4.26. The Kier molecular flexibility index (Phi) is 6.42. The van der Waals surface area contributed by atoms with E-state index in [4.69, 9.17) is 9.47 Å². The molecule has 7 heteroatoms. The number of nitro benzene ring substituents is 1. The minimum absolute atomic E-state index is 0.0580. The maximum atomic E-state index is 12.2. The molecule has 3 aromatic carbocycles. The average molecular weight is 392 g/mol. The molecule has 3 rings (SSSR count). The predicted octanol–water partition coefficient (Wildman–Crippen LogP) is 4.11. The van der Waals surface area contributed by atoms with Gasteiger partial charge in [0.1, 0.15) is 6.61 Å². The van der Waals surface area contributed by atoms with Crippen LogP contribution in [0.4, 0.5) is 5.69 Å². The van der Waals surface area contributed by atoms with Crippen LogP contribution in [0.3, 0.4) is 0 Å². The first kappa shape index (κ1) is 19.9. The Morgan fingerprint density at radius 1 is 0.966 bits per heavy atom. The van der Waals surface area contributed by atoms with Gasteiger partial charge in [-0.3, -0.25) is 14.9 Å². The Hall–Kier alpha value is -3.87. The summed E-state index contributed by atoms with van der Waals surface area (Å²) in [7, 11) is 1.56. The normalized spacial score (nSPS) is 10.2. The van der Waals surface area contributed by atoms with Crippen LogP contribution in [0.5, 0.6) is 11.5 Å². The number of hydrogen-bond acceptors (Lipinski definition) is 5. The fourth-order valence-electron chi connectivity index (χ4n) is 2.70. The number of hydrogen-bond donors (Lipinski definition) is 1. The van der Waals surface area contributed by atoms with E-state index in [9.17, 15) is 14.9 Å². The maximum absolute atomic E-state index is 12.2. The second-order valence-corrected chi connectivity index (χ2v) is 6.25. The quantitative estimate of drug-likeness (QED) is 0.460. The minimum Gasteiger partial charge on any atom is -0.493 e. The molecule has 0 aliphatic rings. The van der Waals surface area contributed by atoms with Gasteiger partial charge >= 0.3 is 0 Å². The fraction of sp³-hybridized carbons (Fsp3) is 0.136. The van der Waals surface area contributed by atoms with Gasteiger partial charge in [-0.1, -0.05) is 36.4 Å². The van der Waals surface area contributed by atoms with Crippen LogP contribution in [0, 0.1) is 10.1 Å². The zero-order valence-corrected chi connectivity index (χ0v) is 15.8. The standard InChI is InChI=1S/C22H20N2O5/c1-28-21-13-17(7-12-20(21)29-15-16-5-3-2-4-6-16)14-23-22(25)18-8-10-19(11-9-18)24(26)27/h2-13H,14-15H2,1H3,(H,23,25). The fourth-order valence-corrected chi connectivity index (χ4v) is 2.70. The first-order valence-corrected chi connectivity index (χ1v) is 8.93. The van der Waals surface area contributed by atoms with E-state index in [1.54, 1.807) is 19.2 Å². The topological polar surface area (TPSA) is 90.7 Å². The van der Waals surface area contributed by atoms with E-state index < -0.39 is 4.92 Å². The number of benzene rings is 3. The van der Waals surface area contributed by atoms with E-state index in [2.05, 4.69) is 5.32 Å². The lowest BCUT2D eigenvalue weighted by molar-refractivity contribution is -0.384. The van der Waals surface area contributed by atoms with Crippen molar-refractivity contribution in [2.45, 2.75) is 13.2 Å². The van der Waals surface area contributed by atoms with Gasteiger partial charge in [-0.15, -0.1) is 0 Å². The summed E-state index contributed by atoms with van der Waals surface area (Å²) in [5, 5.41) is 13.5. The lowest BCUT2D eigenvalue weighted by Gasteiger charge is -2.13. The van der Waals surface area contributed by atoms with Gasteiger partial charge in [-0.2, -0.15) is 0 Å². The van der Waals surface area contributed by atoms with Crippen molar-refractivity contribution in [1.29, 1.82) is 0 Å². The molecule has 0 heterocycles. The zero-order chi connectivity index (χ0) is 20.6. The molecule has 3 aromatic rings. The summed E-state index contributed by atoms with van der Waals surface area (Å²) < 4.78 is 11.2. The molecule has 0 fully saturated rings. The number of amides is 1. The highest BCUT2D eigenvalue weighted by Crippen LogP contribution is 2.29. The van der Waals surface area contributed by atoms with Crippen LogP contribution in [-0.4, -0.2) is 17.9 Å². The highest BCUT2D eigenvalue weighted by molar-refractivity contribution is 5.94. The summed E-state index contributed by atoms with van der Waals surface area (Å²) >= 11 is 0. The molecule has 0 saturated heterocycles. The van der Waals surface area contributed by atoms with Crippen molar-refractivity contribution < 1.29 is 19.2 Å². The summed E-state index contributed by atoms with van der Waals surface area (Å²) in [6, 6.07) is 20.7. The molecule has 0 atom stereocenters. The van der Waals surface area contributed by atoms with Gasteiger partial charge in [0, 0.05) is 24.2 Å². The molecule has 29 heavy (non-hydrogen) atoms. The first-order valence-electron chi connectivity index (χ1n) is 8.93. The third kappa shape index (κ3) is 5.32. The molecule has 1 amide bonds. The van der Waals surface area contributed by atoms with Gasteiger partial charge in [-0.25, -0.2) is 0 Å². The van der Waals surface area contributed by atoms with E-state index in [0.29, 0.717) is 23.7 Å². The summed E-state index contributed by atoms with van der Waals surface area (Å²) in [6.07, 6.45) is 0. The average Bonchev–Trinajstić information content (AvgIpc) is 2.77. The molecule has 0 aromatic heterocycles. The number of carbonyl (C=O) groups excluding carboxylic acids is 1. The van der Waals surface area contributed by atoms with Crippen molar-refractivity contribution in [3.63, 3.8) is 0 Å². The smallest absolute Gasteiger partial charge is 0.269 e. The third-order valence-corrected chi connectivity index (χ3v) is 4.26. The Morgan fingerprint density at radius 2 is 1.69 bits per heavy atom. The Bertz CT molecular complexity index is 988. The van der Waals surface area contributed by atoms with Crippen molar-refractivity contribution in [1.82, 2.24) is 5.32 Å². The summed E-state index contributed by atoms with van der Waals surface area (Å²) in [6.45, 7) is 0.707. The lowest BCUT2D eigenvalue weighted by Crippen LogP contribution is -2.22. The number of nitrogens with one attached hydrogen (secondary N) is 1. The molecular formula is C22H20N2O5. The van der Waals surface area contributed by atoms with Crippen LogP contribution in [0.2, 0.25) is 0 Å². The number of ether oxygens (including phenoxy) is 2. The van der Waals surface area contributed by atoms with Crippen LogP contribution in [0.15, 0.2) is 72.8 Å². The van der Waals surface area contributed by atoms with E-state index >= 15 is 0 Å². The molecule has 1 N–H and O–H groups in total. The Morgan fingerprint density at radius 3 is 2.34 bits per heavy atom. The van der Waals surface area contributed by atoms with Gasteiger partial charge in [0.05, 0.1) is 12.0 Å². The molecule has 0 saturated carbocycles. The number of carbonyl (C=O) groups is 1. The Labute approximate surface area is 168 Å². The molecule has 0 spiro atoms. The molecule has 148 valence electrons. The van der Waals surface area contributed by atoms with Gasteiger partial charge in [0.2, 0.25) is 0 Å². The van der Waals surface area contributed by atoms with Crippen LogP contribution in [0.1, 0.15) is 21.5 Å². The van der Waals surface area contributed by atoms with Gasteiger partial charge in [0.25, 0.3) is 11.6 Å². The van der Waals surface area contributed by atoms with Gasteiger partial charge in [0.15, 0.2) is 11.5 Å².